The van der Waals surface area contributed by atoms with Gasteiger partial charge in [-0.2, -0.15) is 0 Å². The van der Waals surface area contributed by atoms with Crippen LogP contribution in [0, 0.1) is 18.7 Å². The molecule has 116 valence electrons. The summed E-state index contributed by atoms with van der Waals surface area (Å²) in [6.45, 7) is 4.78. The third-order valence-corrected chi connectivity index (χ3v) is 4.50. The zero-order chi connectivity index (χ0) is 16.1. The highest BCUT2D eigenvalue weighted by Gasteiger charge is 2.49. The highest BCUT2D eigenvalue weighted by Crippen LogP contribution is 2.47. The minimum Gasteiger partial charge on any atom is -0.389 e. The van der Waals surface area contributed by atoms with Gasteiger partial charge in [-0.05, 0) is 32.4 Å². The Morgan fingerprint density at radius 1 is 1.45 bits per heavy atom. The Labute approximate surface area is 127 Å². The van der Waals surface area contributed by atoms with Crippen molar-refractivity contribution in [2.24, 2.45) is 5.92 Å². The van der Waals surface area contributed by atoms with Gasteiger partial charge in [0.15, 0.2) is 0 Å². The van der Waals surface area contributed by atoms with Gasteiger partial charge < -0.3 is 9.63 Å². The Kier molecular flexibility index (Phi) is 3.40. The molecule has 0 spiro atoms. The van der Waals surface area contributed by atoms with Crippen molar-refractivity contribution in [3.05, 3.63) is 52.7 Å². The molecule has 2 aromatic rings. The van der Waals surface area contributed by atoms with Crippen molar-refractivity contribution in [1.29, 1.82) is 0 Å². The van der Waals surface area contributed by atoms with Crippen LogP contribution in [0.5, 0.6) is 0 Å². The number of carbonyl (C=O) groups excluding carboxylic acids is 1. The number of aryl methyl sites for hydroxylation is 1. The van der Waals surface area contributed by atoms with E-state index in [4.69, 9.17) is 4.52 Å². The van der Waals surface area contributed by atoms with Crippen LogP contribution in [0.2, 0.25) is 0 Å². The number of hydrogen-bond donors (Lipinski definition) is 1. The molecule has 1 aromatic heterocycles. The molecular weight excluding hydrogens is 285 g/mol. The number of rotatable bonds is 2. The molecule has 1 heterocycles. The third kappa shape index (κ3) is 2.16. The third-order valence-electron chi connectivity index (χ3n) is 4.50. The standard InChI is InChI=1S/C17H18FNO3/c1-9(20)16-15(11-6-4-5-7-12(11)18)14-10(2)22-19-13(14)8-17(16,3)21/h4-7,15-16,21H,8H2,1-3H3/t15-,16-,17-/m1/s1. The van der Waals surface area contributed by atoms with Crippen molar-refractivity contribution in [2.45, 2.75) is 38.7 Å². The van der Waals surface area contributed by atoms with E-state index in [-0.39, 0.29) is 12.2 Å². The number of aromatic nitrogens is 1. The highest BCUT2D eigenvalue weighted by atomic mass is 19.1. The molecule has 0 saturated carbocycles. The lowest BCUT2D eigenvalue weighted by Gasteiger charge is -2.40. The van der Waals surface area contributed by atoms with Crippen LogP contribution in [-0.2, 0) is 11.2 Å². The molecule has 0 bridgehead atoms. The lowest BCUT2D eigenvalue weighted by atomic mass is 9.64. The molecule has 0 unspecified atom stereocenters. The Bertz CT molecular complexity index is 735. The van der Waals surface area contributed by atoms with E-state index < -0.39 is 23.3 Å². The lowest BCUT2D eigenvalue weighted by molar-refractivity contribution is -0.131. The molecule has 0 amide bonds. The minimum absolute atomic E-state index is 0.176. The predicted molar refractivity (Wildman–Crippen MR) is 78.0 cm³/mol. The lowest BCUT2D eigenvalue weighted by Crippen LogP contribution is -2.48. The van der Waals surface area contributed by atoms with E-state index >= 15 is 0 Å². The van der Waals surface area contributed by atoms with Gasteiger partial charge in [-0.25, -0.2) is 4.39 Å². The number of carbonyl (C=O) groups is 1. The summed E-state index contributed by atoms with van der Waals surface area (Å²) < 4.78 is 19.6. The Balaban J connectivity index is 2.28. The number of fused-ring (bicyclic) bond motifs is 1. The first-order valence-corrected chi connectivity index (χ1v) is 7.25. The fourth-order valence-electron chi connectivity index (χ4n) is 3.66. The summed E-state index contributed by atoms with van der Waals surface area (Å²) in [6, 6.07) is 6.33. The second kappa shape index (κ2) is 5.02. The fourth-order valence-corrected chi connectivity index (χ4v) is 3.66. The number of hydrogen-bond acceptors (Lipinski definition) is 4. The van der Waals surface area contributed by atoms with E-state index in [0.717, 1.165) is 5.56 Å². The summed E-state index contributed by atoms with van der Waals surface area (Å²) in [5.41, 5.74) is 0.398. The fraction of sp³-hybridized carbons (Fsp3) is 0.412. The molecule has 3 rings (SSSR count). The van der Waals surface area contributed by atoms with E-state index in [2.05, 4.69) is 5.16 Å². The molecule has 3 atom stereocenters. The molecule has 5 heteroatoms. The van der Waals surface area contributed by atoms with E-state index in [1.54, 1.807) is 32.0 Å². The number of aliphatic hydroxyl groups is 1. The van der Waals surface area contributed by atoms with Crippen LogP contribution in [-0.4, -0.2) is 21.6 Å². The monoisotopic (exact) mass is 303 g/mol. The van der Waals surface area contributed by atoms with Crippen molar-refractivity contribution < 1.29 is 18.8 Å². The van der Waals surface area contributed by atoms with Crippen LogP contribution in [0.3, 0.4) is 0 Å². The topological polar surface area (TPSA) is 63.3 Å². The van der Waals surface area contributed by atoms with Gasteiger partial charge in [0, 0.05) is 17.9 Å². The number of halogens is 1. The highest BCUT2D eigenvalue weighted by molar-refractivity contribution is 5.82. The van der Waals surface area contributed by atoms with Crippen molar-refractivity contribution in [3.8, 4) is 0 Å². The largest absolute Gasteiger partial charge is 0.389 e. The molecule has 0 saturated heterocycles. The first-order valence-electron chi connectivity index (χ1n) is 7.25. The Hall–Kier alpha value is -2.01. The van der Waals surface area contributed by atoms with Crippen LogP contribution < -0.4 is 0 Å². The zero-order valence-electron chi connectivity index (χ0n) is 12.8. The summed E-state index contributed by atoms with van der Waals surface area (Å²) in [5.74, 6) is -1.35. The molecule has 1 aliphatic rings. The van der Waals surface area contributed by atoms with Gasteiger partial charge in [-0.1, -0.05) is 23.4 Å². The van der Waals surface area contributed by atoms with Crippen LogP contribution in [0.25, 0.3) is 0 Å². The Morgan fingerprint density at radius 3 is 2.77 bits per heavy atom. The molecule has 1 aromatic carbocycles. The van der Waals surface area contributed by atoms with Gasteiger partial charge in [0.2, 0.25) is 0 Å². The van der Waals surface area contributed by atoms with Crippen molar-refractivity contribution in [1.82, 2.24) is 5.16 Å². The second-order valence-corrected chi connectivity index (χ2v) is 6.22. The average Bonchev–Trinajstić information content (AvgIpc) is 2.77. The maximum Gasteiger partial charge on any atom is 0.137 e. The quantitative estimate of drug-likeness (QED) is 0.926. The first kappa shape index (κ1) is 14.9. The van der Waals surface area contributed by atoms with Gasteiger partial charge in [-0.3, -0.25) is 4.79 Å². The molecular formula is C17H18FNO3. The smallest absolute Gasteiger partial charge is 0.137 e. The van der Waals surface area contributed by atoms with Crippen molar-refractivity contribution in [2.75, 3.05) is 0 Å². The average molecular weight is 303 g/mol. The van der Waals surface area contributed by atoms with E-state index in [0.29, 0.717) is 17.0 Å². The first-order chi connectivity index (χ1) is 10.3. The van der Waals surface area contributed by atoms with Crippen molar-refractivity contribution in [3.63, 3.8) is 0 Å². The van der Waals surface area contributed by atoms with Crippen LogP contribution in [0.1, 0.15) is 42.3 Å². The van der Waals surface area contributed by atoms with Gasteiger partial charge in [0.05, 0.1) is 17.2 Å². The Morgan fingerprint density at radius 2 is 2.14 bits per heavy atom. The molecule has 1 N–H and O–H groups in total. The van der Waals surface area contributed by atoms with E-state index in [1.807, 2.05) is 0 Å². The van der Waals surface area contributed by atoms with Crippen molar-refractivity contribution >= 4 is 5.78 Å². The summed E-state index contributed by atoms with van der Waals surface area (Å²) in [5, 5.41) is 14.7. The molecule has 0 fully saturated rings. The molecule has 0 radical (unpaired) electrons. The number of ketones is 1. The number of nitrogens with zero attached hydrogens (tertiary/aromatic N) is 1. The number of Topliss-reactive ketones (excluding diaryl/α,β-unsaturated/α-hetero) is 1. The van der Waals surface area contributed by atoms with Crippen LogP contribution >= 0.6 is 0 Å². The minimum atomic E-state index is -1.30. The van der Waals surface area contributed by atoms with Gasteiger partial charge in [0.1, 0.15) is 17.4 Å². The predicted octanol–water partition coefficient (Wildman–Crippen LogP) is 2.77. The normalized spacial score (nSPS) is 27.5. The summed E-state index contributed by atoms with van der Waals surface area (Å²) >= 11 is 0. The SMILES string of the molecule is CC(=O)[C@@H]1[C@H](c2ccccc2F)c2c(noc2C)C[C@@]1(C)O. The summed E-state index contributed by atoms with van der Waals surface area (Å²) in [6.07, 6.45) is 0.217. The maximum atomic E-state index is 14.4. The summed E-state index contributed by atoms with van der Waals surface area (Å²) in [7, 11) is 0. The van der Waals surface area contributed by atoms with E-state index in [9.17, 15) is 14.3 Å². The zero-order valence-corrected chi connectivity index (χ0v) is 12.8. The second-order valence-electron chi connectivity index (χ2n) is 6.22. The molecule has 0 aliphatic heterocycles. The molecule has 4 nitrogen and oxygen atoms in total. The summed E-state index contributed by atoms with van der Waals surface area (Å²) in [4.78, 5) is 12.2. The van der Waals surface area contributed by atoms with E-state index in [1.165, 1.54) is 13.0 Å². The van der Waals surface area contributed by atoms with Crippen LogP contribution in [0.15, 0.2) is 28.8 Å². The van der Waals surface area contributed by atoms with Gasteiger partial charge in [0.25, 0.3) is 0 Å². The maximum absolute atomic E-state index is 14.4. The van der Waals surface area contributed by atoms with Gasteiger partial charge in [-0.15, -0.1) is 0 Å². The molecule has 22 heavy (non-hydrogen) atoms. The molecule has 1 aliphatic carbocycles. The van der Waals surface area contributed by atoms with Gasteiger partial charge >= 0.3 is 0 Å². The number of benzene rings is 1. The van der Waals surface area contributed by atoms with Crippen LogP contribution in [0.4, 0.5) is 4.39 Å².